The first-order chi connectivity index (χ1) is 12.9. The van der Waals surface area contributed by atoms with E-state index in [9.17, 15) is 27.2 Å². The summed E-state index contributed by atoms with van der Waals surface area (Å²) in [4.78, 5) is 26.3. The van der Waals surface area contributed by atoms with Crippen molar-refractivity contribution < 1.29 is 27.2 Å². The van der Waals surface area contributed by atoms with Crippen molar-refractivity contribution in [3.8, 4) is 0 Å². The minimum atomic E-state index is -4.66. The average molecular weight is 404 g/mol. The first-order valence-electron chi connectivity index (χ1n) is 8.78. The largest absolute Gasteiger partial charge is 0.416 e. The number of hydrogen-bond acceptors (Lipinski definition) is 4. The Kier molecular flexibility index (Phi) is 6.34. The van der Waals surface area contributed by atoms with Crippen LogP contribution in [0.3, 0.4) is 0 Å². The number of hydrogen-bond donors (Lipinski definition) is 3. The highest BCUT2D eigenvalue weighted by atomic mass is 19.4. The number of benzene rings is 1. The van der Waals surface area contributed by atoms with Gasteiger partial charge in [0.25, 0.3) is 0 Å². The third-order valence-electron chi connectivity index (χ3n) is 4.88. The second kappa shape index (κ2) is 8.04. The van der Waals surface area contributed by atoms with E-state index in [1.807, 2.05) is 0 Å². The summed E-state index contributed by atoms with van der Waals surface area (Å²) in [5, 5.41) is 8.32. The average Bonchev–Trinajstić information content (AvgIpc) is 2.59. The van der Waals surface area contributed by atoms with Gasteiger partial charge in [0, 0.05) is 5.56 Å². The summed E-state index contributed by atoms with van der Waals surface area (Å²) in [5.41, 5.74) is -2.40. The lowest BCUT2D eigenvalue weighted by atomic mass is 9.87. The molecule has 1 saturated heterocycles. The van der Waals surface area contributed by atoms with Gasteiger partial charge in [-0.25, -0.2) is 4.39 Å². The maximum Gasteiger partial charge on any atom is 0.416 e. The van der Waals surface area contributed by atoms with Gasteiger partial charge in [-0.05, 0) is 39.6 Å². The Labute approximate surface area is 160 Å². The van der Waals surface area contributed by atoms with Gasteiger partial charge in [0.1, 0.15) is 12.1 Å². The van der Waals surface area contributed by atoms with Crippen LogP contribution in [-0.4, -0.2) is 43.1 Å². The van der Waals surface area contributed by atoms with Crippen LogP contribution in [0.5, 0.6) is 0 Å². The fourth-order valence-corrected chi connectivity index (χ4v) is 2.98. The zero-order valence-corrected chi connectivity index (χ0v) is 16.1. The SMILES string of the molecule is CCC(C)(NC(=O)C1CC(=O)NC(N(C)C)N1)c1ccc(C(F)(F)F)cc1F. The van der Waals surface area contributed by atoms with Crippen molar-refractivity contribution in [2.45, 2.75) is 50.7 Å². The number of amides is 2. The van der Waals surface area contributed by atoms with E-state index in [2.05, 4.69) is 16.0 Å². The van der Waals surface area contributed by atoms with Crippen LogP contribution in [0, 0.1) is 5.82 Å². The summed E-state index contributed by atoms with van der Waals surface area (Å²) < 4.78 is 52.8. The standard InChI is InChI=1S/C18H24F4N4O2/c1-5-17(2,11-7-6-10(8-12(11)19)18(20,21)22)25-15(28)13-9-14(27)24-16(23-13)26(3)4/h6-8,13,16,23H,5,9H2,1-4H3,(H,24,27)(H,25,28). The van der Waals surface area contributed by atoms with E-state index in [1.54, 1.807) is 25.9 Å². The van der Waals surface area contributed by atoms with Gasteiger partial charge in [0.05, 0.1) is 23.6 Å². The third kappa shape index (κ3) is 4.79. The number of carbonyl (C=O) groups is 2. The molecule has 0 saturated carbocycles. The van der Waals surface area contributed by atoms with Crippen LogP contribution < -0.4 is 16.0 Å². The van der Waals surface area contributed by atoms with Gasteiger partial charge in [0.15, 0.2) is 0 Å². The number of halogens is 4. The fraction of sp³-hybridized carbons (Fsp3) is 0.556. The summed E-state index contributed by atoms with van der Waals surface area (Å²) in [5.74, 6) is -1.91. The Morgan fingerprint density at radius 2 is 1.96 bits per heavy atom. The Morgan fingerprint density at radius 1 is 1.32 bits per heavy atom. The lowest BCUT2D eigenvalue weighted by Gasteiger charge is -2.37. The Hall–Kier alpha value is -2.20. The number of alkyl halides is 3. The second-order valence-electron chi connectivity index (χ2n) is 7.22. The maximum atomic E-state index is 14.4. The summed E-state index contributed by atoms with van der Waals surface area (Å²) >= 11 is 0. The summed E-state index contributed by atoms with van der Waals surface area (Å²) in [6.07, 6.45) is -5.08. The molecule has 2 rings (SSSR count). The highest BCUT2D eigenvalue weighted by molar-refractivity contribution is 5.90. The summed E-state index contributed by atoms with van der Waals surface area (Å²) in [6, 6.07) is 1.38. The molecule has 1 heterocycles. The maximum absolute atomic E-state index is 14.4. The molecule has 3 unspecified atom stereocenters. The van der Waals surface area contributed by atoms with Gasteiger partial charge in [-0.15, -0.1) is 0 Å². The molecule has 0 bridgehead atoms. The van der Waals surface area contributed by atoms with Crippen LogP contribution in [0.2, 0.25) is 0 Å². The highest BCUT2D eigenvalue weighted by Gasteiger charge is 2.38. The molecule has 1 aliphatic rings. The van der Waals surface area contributed by atoms with Crippen LogP contribution in [0.1, 0.15) is 37.8 Å². The van der Waals surface area contributed by atoms with E-state index in [0.717, 1.165) is 12.1 Å². The van der Waals surface area contributed by atoms with Crippen molar-refractivity contribution in [1.29, 1.82) is 0 Å². The van der Waals surface area contributed by atoms with E-state index >= 15 is 0 Å². The first kappa shape index (κ1) is 22.1. The molecule has 1 aromatic carbocycles. The van der Waals surface area contributed by atoms with E-state index in [4.69, 9.17) is 0 Å². The van der Waals surface area contributed by atoms with Crippen molar-refractivity contribution >= 4 is 11.8 Å². The van der Waals surface area contributed by atoms with Gasteiger partial charge in [-0.3, -0.25) is 19.8 Å². The van der Waals surface area contributed by atoms with Gasteiger partial charge in [-0.2, -0.15) is 13.2 Å². The normalized spacial score (nSPS) is 22.5. The molecule has 10 heteroatoms. The second-order valence-corrected chi connectivity index (χ2v) is 7.22. The van der Waals surface area contributed by atoms with E-state index in [-0.39, 0.29) is 24.3 Å². The van der Waals surface area contributed by atoms with Crippen molar-refractivity contribution in [2.75, 3.05) is 14.1 Å². The minimum Gasteiger partial charge on any atom is -0.345 e. The predicted octanol–water partition coefficient (Wildman–Crippen LogP) is 1.91. The lowest BCUT2D eigenvalue weighted by Crippen LogP contribution is -2.66. The van der Waals surface area contributed by atoms with E-state index in [0.29, 0.717) is 6.07 Å². The minimum absolute atomic E-state index is 0.0548. The summed E-state index contributed by atoms with van der Waals surface area (Å²) in [7, 11) is 3.43. The van der Waals surface area contributed by atoms with Crippen molar-refractivity contribution in [1.82, 2.24) is 20.9 Å². The molecule has 156 valence electrons. The van der Waals surface area contributed by atoms with Crippen LogP contribution in [0.25, 0.3) is 0 Å². The molecule has 1 fully saturated rings. The molecule has 1 aliphatic heterocycles. The Balaban J connectivity index is 2.24. The van der Waals surface area contributed by atoms with Crippen LogP contribution in [0.15, 0.2) is 18.2 Å². The molecule has 6 nitrogen and oxygen atoms in total. The van der Waals surface area contributed by atoms with Gasteiger partial charge >= 0.3 is 6.18 Å². The zero-order valence-electron chi connectivity index (χ0n) is 16.1. The van der Waals surface area contributed by atoms with Gasteiger partial charge in [0.2, 0.25) is 11.8 Å². The van der Waals surface area contributed by atoms with E-state index < -0.39 is 41.3 Å². The smallest absolute Gasteiger partial charge is 0.345 e. The van der Waals surface area contributed by atoms with Crippen LogP contribution in [-0.2, 0) is 21.3 Å². The molecule has 0 aliphatic carbocycles. The van der Waals surface area contributed by atoms with Gasteiger partial charge < -0.3 is 10.6 Å². The Morgan fingerprint density at radius 3 is 2.46 bits per heavy atom. The molecule has 1 aromatic rings. The van der Waals surface area contributed by atoms with Crippen molar-refractivity contribution in [2.24, 2.45) is 0 Å². The molecule has 28 heavy (non-hydrogen) atoms. The summed E-state index contributed by atoms with van der Waals surface area (Å²) in [6.45, 7) is 3.21. The van der Waals surface area contributed by atoms with Crippen LogP contribution in [0.4, 0.5) is 17.6 Å². The monoisotopic (exact) mass is 404 g/mol. The highest BCUT2D eigenvalue weighted by Crippen LogP contribution is 2.34. The fourth-order valence-electron chi connectivity index (χ4n) is 2.98. The molecule has 3 N–H and O–H groups in total. The topological polar surface area (TPSA) is 73.5 Å². The molecular formula is C18H24F4N4O2. The molecule has 3 atom stereocenters. The lowest BCUT2D eigenvalue weighted by molar-refractivity contribution is -0.137. The Bertz CT molecular complexity index is 754. The van der Waals surface area contributed by atoms with Crippen molar-refractivity contribution in [3.05, 3.63) is 35.1 Å². The molecular weight excluding hydrogens is 380 g/mol. The number of nitrogens with zero attached hydrogens (tertiary/aromatic N) is 1. The first-order valence-corrected chi connectivity index (χ1v) is 8.78. The molecule has 0 aromatic heterocycles. The number of rotatable bonds is 5. The predicted molar refractivity (Wildman–Crippen MR) is 94.3 cm³/mol. The molecule has 0 spiro atoms. The number of carbonyl (C=O) groups excluding carboxylic acids is 2. The third-order valence-corrected chi connectivity index (χ3v) is 4.88. The van der Waals surface area contributed by atoms with Gasteiger partial charge in [-0.1, -0.05) is 13.0 Å². The zero-order chi connectivity index (χ0) is 21.3. The molecule has 0 radical (unpaired) electrons. The van der Waals surface area contributed by atoms with Crippen LogP contribution >= 0.6 is 0 Å². The van der Waals surface area contributed by atoms with E-state index in [1.165, 1.54) is 6.92 Å². The number of nitrogens with one attached hydrogen (secondary N) is 3. The van der Waals surface area contributed by atoms with Crippen molar-refractivity contribution in [3.63, 3.8) is 0 Å². The molecule has 2 amide bonds. The quantitative estimate of drug-likeness (QED) is 0.656.